The molecule has 1 heterocycles. The summed E-state index contributed by atoms with van der Waals surface area (Å²) in [6.07, 6.45) is 3.01. The molecule has 18 heavy (non-hydrogen) atoms. The van der Waals surface area contributed by atoms with E-state index < -0.39 is 0 Å². The molecule has 0 fully saturated rings. The SMILES string of the molecule is CCCCOc1cc(NCC(C)C)nc(CC)n1. The van der Waals surface area contributed by atoms with E-state index in [2.05, 4.69) is 43.0 Å². The van der Waals surface area contributed by atoms with E-state index in [4.69, 9.17) is 4.74 Å². The van der Waals surface area contributed by atoms with E-state index in [0.717, 1.165) is 44.1 Å². The quantitative estimate of drug-likeness (QED) is 0.720. The molecule has 0 aliphatic heterocycles. The lowest BCUT2D eigenvalue weighted by atomic mass is 10.2. The van der Waals surface area contributed by atoms with Gasteiger partial charge in [-0.05, 0) is 12.3 Å². The number of unbranched alkanes of at least 4 members (excludes halogenated alkanes) is 1. The van der Waals surface area contributed by atoms with E-state index in [1.807, 2.05) is 6.07 Å². The van der Waals surface area contributed by atoms with Gasteiger partial charge in [0.05, 0.1) is 6.61 Å². The Morgan fingerprint density at radius 1 is 1.28 bits per heavy atom. The highest BCUT2D eigenvalue weighted by Gasteiger charge is 2.05. The first-order chi connectivity index (χ1) is 8.65. The minimum atomic E-state index is 0.592. The van der Waals surface area contributed by atoms with Crippen molar-refractivity contribution in [3.8, 4) is 5.88 Å². The van der Waals surface area contributed by atoms with Gasteiger partial charge in [0.1, 0.15) is 11.6 Å². The molecule has 0 saturated carbocycles. The van der Waals surface area contributed by atoms with Crippen LogP contribution in [-0.2, 0) is 6.42 Å². The van der Waals surface area contributed by atoms with Crippen LogP contribution in [0, 0.1) is 5.92 Å². The Morgan fingerprint density at radius 2 is 2.06 bits per heavy atom. The van der Waals surface area contributed by atoms with Crippen molar-refractivity contribution in [3.05, 3.63) is 11.9 Å². The number of hydrogen-bond donors (Lipinski definition) is 1. The molecule has 0 radical (unpaired) electrons. The van der Waals surface area contributed by atoms with Crippen molar-refractivity contribution in [3.63, 3.8) is 0 Å². The van der Waals surface area contributed by atoms with Crippen molar-refractivity contribution in [2.45, 2.75) is 47.0 Å². The molecule has 102 valence electrons. The number of ether oxygens (including phenoxy) is 1. The highest BCUT2D eigenvalue weighted by atomic mass is 16.5. The predicted octanol–water partition coefficient (Wildman–Crippen LogP) is 3.29. The fourth-order valence-corrected chi connectivity index (χ4v) is 1.43. The van der Waals surface area contributed by atoms with Crippen LogP contribution in [0.2, 0.25) is 0 Å². The third-order valence-corrected chi connectivity index (χ3v) is 2.50. The van der Waals surface area contributed by atoms with Crippen molar-refractivity contribution >= 4 is 5.82 Å². The van der Waals surface area contributed by atoms with Crippen LogP contribution in [-0.4, -0.2) is 23.1 Å². The van der Waals surface area contributed by atoms with Gasteiger partial charge in [0.2, 0.25) is 5.88 Å². The Kier molecular flexibility index (Phi) is 6.47. The summed E-state index contributed by atoms with van der Waals surface area (Å²) in [6, 6.07) is 1.89. The molecule has 0 bridgehead atoms. The van der Waals surface area contributed by atoms with Crippen molar-refractivity contribution in [2.75, 3.05) is 18.5 Å². The molecule has 1 rings (SSSR count). The number of nitrogens with one attached hydrogen (secondary N) is 1. The first-order valence-electron chi connectivity index (χ1n) is 6.90. The van der Waals surface area contributed by atoms with E-state index in [1.165, 1.54) is 0 Å². The molecule has 0 spiro atoms. The number of anilines is 1. The van der Waals surface area contributed by atoms with E-state index in [-0.39, 0.29) is 0 Å². The molecule has 1 aromatic rings. The van der Waals surface area contributed by atoms with E-state index in [0.29, 0.717) is 11.8 Å². The van der Waals surface area contributed by atoms with Gasteiger partial charge < -0.3 is 10.1 Å². The Morgan fingerprint density at radius 3 is 2.67 bits per heavy atom. The molecule has 4 nitrogen and oxygen atoms in total. The normalized spacial score (nSPS) is 10.7. The average Bonchev–Trinajstić information content (AvgIpc) is 2.36. The van der Waals surface area contributed by atoms with Crippen molar-refractivity contribution in [1.82, 2.24) is 9.97 Å². The third-order valence-electron chi connectivity index (χ3n) is 2.50. The number of aryl methyl sites for hydroxylation is 1. The zero-order valence-corrected chi connectivity index (χ0v) is 12.0. The van der Waals surface area contributed by atoms with Gasteiger partial charge in [0, 0.05) is 19.0 Å². The fourth-order valence-electron chi connectivity index (χ4n) is 1.43. The van der Waals surface area contributed by atoms with Crippen LogP contribution in [0.4, 0.5) is 5.82 Å². The van der Waals surface area contributed by atoms with Crippen LogP contribution < -0.4 is 10.1 Å². The van der Waals surface area contributed by atoms with Gasteiger partial charge >= 0.3 is 0 Å². The highest BCUT2D eigenvalue weighted by molar-refractivity contribution is 5.38. The van der Waals surface area contributed by atoms with Crippen LogP contribution in [0.25, 0.3) is 0 Å². The Hall–Kier alpha value is -1.32. The maximum atomic E-state index is 5.65. The smallest absolute Gasteiger partial charge is 0.218 e. The van der Waals surface area contributed by atoms with Crippen molar-refractivity contribution in [1.29, 1.82) is 0 Å². The molecular weight excluding hydrogens is 226 g/mol. The number of hydrogen-bond acceptors (Lipinski definition) is 4. The van der Waals surface area contributed by atoms with Gasteiger partial charge in [0.25, 0.3) is 0 Å². The molecular formula is C14H25N3O. The lowest BCUT2D eigenvalue weighted by Crippen LogP contribution is -2.11. The van der Waals surface area contributed by atoms with Crippen LogP contribution in [0.1, 0.15) is 46.4 Å². The number of nitrogens with zero attached hydrogens (tertiary/aromatic N) is 2. The summed E-state index contributed by atoms with van der Waals surface area (Å²) in [7, 11) is 0. The summed E-state index contributed by atoms with van der Waals surface area (Å²) >= 11 is 0. The molecule has 0 unspecified atom stereocenters. The second kappa shape index (κ2) is 7.90. The molecule has 1 aromatic heterocycles. The van der Waals surface area contributed by atoms with Gasteiger partial charge in [-0.15, -0.1) is 0 Å². The van der Waals surface area contributed by atoms with Crippen LogP contribution in [0.15, 0.2) is 6.07 Å². The maximum absolute atomic E-state index is 5.65. The van der Waals surface area contributed by atoms with Gasteiger partial charge in [-0.2, -0.15) is 4.98 Å². The molecule has 0 atom stereocenters. The molecule has 0 saturated heterocycles. The standard InChI is InChI=1S/C14H25N3O/c1-5-7-8-18-14-9-13(15-10-11(3)4)16-12(6-2)17-14/h9,11H,5-8,10H2,1-4H3,(H,15,16,17). The number of rotatable bonds is 8. The zero-order valence-electron chi connectivity index (χ0n) is 12.0. The second-order valence-electron chi connectivity index (χ2n) is 4.84. The van der Waals surface area contributed by atoms with Crippen molar-refractivity contribution < 1.29 is 4.74 Å². The third kappa shape index (κ3) is 5.34. The van der Waals surface area contributed by atoms with Crippen LogP contribution >= 0.6 is 0 Å². The van der Waals surface area contributed by atoms with Crippen LogP contribution in [0.5, 0.6) is 5.88 Å². The largest absolute Gasteiger partial charge is 0.478 e. The summed E-state index contributed by atoms with van der Waals surface area (Å²) in [6.45, 7) is 10.2. The van der Waals surface area contributed by atoms with Gasteiger partial charge in [-0.1, -0.05) is 34.1 Å². The summed E-state index contributed by atoms with van der Waals surface area (Å²) in [4.78, 5) is 8.83. The monoisotopic (exact) mass is 251 g/mol. The Labute approximate surface area is 110 Å². The highest BCUT2D eigenvalue weighted by Crippen LogP contribution is 2.15. The molecule has 4 heteroatoms. The first-order valence-corrected chi connectivity index (χ1v) is 6.90. The first kappa shape index (κ1) is 14.7. The molecule has 0 amide bonds. The molecule has 0 aromatic carbocycles. The lowest BCUT2D eigenvalue weighted by Gasteiger charge is -2.11. The summed E-state index contributed by atoms with van der Waals surface area (Å²) < 4.78 is 5.65. The second-order valence-corrected chi connectivity index (χ2v) is 4.84. The fraction of sp³-hybridized carbons (Fsp3) is 0.714. The molecule has 0 aliphatic carbocycles. The summed E-state index contributed by atoms with van der Waals surface area (Å²) in [5.74, 6) is 2.97. The number of aromatic nitrogens is 2. The minimum Gasteiger partial charge on any atom is -0.478 e. The molecule has 1 N–H and O–H groups in total. The topological polar surface area (TPSA) is 47.0 Å². The van der Waals surface area contributed by atoms with E-state index in [1.54, 1.807) is 0 Å². The molecule has 0 aliphatic rings. The summed E-state index contributed by atoms with van der Waals surface area (Å²) in [5.41, 5.74) is 0. The summed E-state index contributed by atoms with van der Waals surface area (Å²) in [5, 5.41) is 3.32. The maximum Gasteiger partial charge on any atom is 0.218 e. The Balaban J connectivity index is 2.67. The minimum absolute atomic E-state index is 0.592. The van der Waals surface area contributed by atoms with Crippen LogP contribution in [0.3, 0.4) is 0 Å². The zero-order chi connectivity index (χ0) is 13.4. The predicted molar refractivity (Wildman–Crippen MR) is 75.1 cm³/mol. The van der Waals surface area contributed by atoms with Gasteiger partial charge in [-0.25, -0.2) is 4.98 Å². The van der Waals surface area contributed by atoms with Crippen molar-refractivity contribution in [2.24, 2.45) is 5.92 Å². The lowest BCUT2D eigenvalue weighted by molar-refractivity contribution is 0.296. The van der Waals surface area contributed by atoms with Gasteiger partial charge in [-0.3, -0.25) is 0 Å². The van der Waals surface area contributed by atoms with E-state index >= 15 is 0 Å². The Bertz CT molecular complexity index is 353. The average molecular weight is 251 g/mol. The van der Waals surface area contributed by atoms with E-state index in [9.17, 15) is 0 Å². The van der Waals surface area contributed by atoms with Gasteiger partial charge in [0.15, 0.2) is 0 Å².